The summed E-state index contributed by atoms with van der Waals surface area (Å²) in [5.74, 6) is -3.80. The van der Waals surface area contributed by atoms with Gasteiger partial charge >= 0.3 is 12.6 Å². The number of rotatable bonds is 4. The molecule has 0 aliphatic rings. The Morgan fingerprint density at radius 2 is 2.00 bits per heavy atom. The van der Waals surface area contributed by atoms with Gasteiger partial charge in [-0.25, -0.2) is 9.18 Å². The molecule has 7 heteroatoms. The van der Waals surface area contributed by atoms with Gasteiger partial charge in [-0.15, -0.1) is 0 Å². The lowest BCUT2D eigenvalue weighted by atomic mass is 10.0. The summed E-state index contributed by atoms with van der Waals surface area (Å²) in [5, 5.41) is 17.8. The molecule has 1 rings (SSSR count). The molecule has 1 aromatic rings. The highest BCUT2D eigenvalue weighted by atomic mass is 19.3. The van der Waals surface area contributed by atoms with Crippen LogP contribution in [0.15, 0.2) is 12.1 Å². The summed E-state index contributed by atoms with van der Waals surface area (Å²) in [6.07, 6.45) is -2.13. The van der Waals surface area contributed by atoms with Crippen molar-refractivity contribution in [3.63, 3.8) is 0 Å². The summed E-state index contributed by atoms with van der Waals surface area (Å²) in [6, 6.07) is 1.97. The van der Waals surface area contributed by atoms with Gasteiger partial charge in [0, 0.05) is 5.56 Å². The van der Waals surface area contributed by atoms with Gasteiger partial charge in [0.1, 0.15) is 0 Å². The number of hydrogen-bond donors (Lipinski definition) is 2. The third-order valence-corrected chi connectivity index (χ3v) is 1.95. The van der Waals surface area contributed by atoms with Crippen molar-refractivity contribution >= 4 is 5.97 Å². The van der Waals surface area contributed by atoms with Crippen molar-refractivity contribution in [2.24, 2.45) is 0 Å². The highest BCUT2D eigenvalue weighted by molar-refractivity contribution is 5.75. The van der Waals surface area contributed by atoms with E-state index in [9.17, 15) is 23.1 Å². The van der Waals surface area contributed by atoms with Crippen LogP contribution in [0.5, 0.6) is 5.75 Å². The molecule has 0 aromatic heterocycles. The zero-order valence-electron chi connectivity index (χ0n) is 8.65. The van der Waals surface area contributed by atoms with Gasteiger partial charge in [-0.05, 0) is 24.6 Å². The van der Waals surface area contributed by atoms with Crippen LogP contribution in [0.3, 0.4) is 0 Å². The largest absolute Gasteiger partial charge is 0.479 e. The van der Waals surface area contributed by atoms with Crippen molar-refractivity contribution in [1.29, 1.82) is 0 Å². The maximum atomic E-state index is 13.3. The van der Waals surface area contributed by atoms with Crippen LogP contribution < -0.4 is 4.74 Å². The van der Waals surface area contributed by atoms with Gasteiger partial charge in [0.15, 0.2) is 17.7 Å². The monoisotopic (exact) mass is 250 g/mol. The fourth-order valence-electron chi connectivity index (χ4n) is 1.31. The molecule has 0 bridgehead atoms. The second-order valence-corrected chi connectivity index (χ2v) is 3.28. The average molecular weight is 250 g/mol. The Kier molecular flexibility index (Phi) is 3.95. The van der Waals surface area contributed by atoms with Crippen LogP contribution in [0.2, 0.25) is 0 Å². The maximum Gasteiger partial charge on any atom is 0.387 e. The van der Waals surface area contributed by atoms with Crippen LogP contribution in [-0.4, -0.2) is 22.8 Å². The van der Waals surface area contributed by atoms with Crippen molar-refractivity contribution in [2.75, 3.05) is 0 Å². The number of hydrogen-bond acceptors (Lipinski definition) is 3. The molecule has 0 saturated heterocycles. The molecule has 0 saturated carbocycles. The van der Waals surface area contributed by atoms with Gasteiger partial charge in [0.2, 0.25) is 0 Å². The number of aliphatic hydroxyl groups is 1. The SMILES string of the molecule is Cc1cc(F)c(OC(F)F)c(C(O)C(=O)O)c1. The fourth-order valence-corrected chi connectivity index (χ4v) is 1.31. The number of halogens is 3. The van der Waals surface area contributed by atoms with E-state index in [-0.39, 0.29) is 5.56 Å². The highest BCUT2D eigenvalue weighted by Gasteiger charge is 2.25. The summed E-state index contributed by atoms with van der Waals surface area (Å²) >= 11 is 0. The Hall–Kier alpha value is -1.76. The molecule has 94 valence electrons. The number of carbonyl (C=O) groups is 1. The number of aliphatic carboxylic acids is 1. The molecule has 17 heavy (non-hydrogen) atoms. The number of ether oxygens (including phenoxy) is 1. The molecule has 1 atom stereocenters. The van der Waals surface area contributed by atoms with Crippen LogP contribution in [0, 0.1) is 12.7 Å². The Morgan fingerprint density at radius 3 is 2.47 bits per heavy atom. The van der Waals surface area contributed by atoms with E-state index in [0.29, 0.717) is 0 Å². The minimum Gasteiger partial charge on any atom is -0.479 e. The second-order valence-electron chi connectivity index (χ2n) is 3.28. The molecule has 0 fully saturated rings. The quantitative estimate of drug-likeness (QED) is 0.855. The summed E-state index contributed by atoms with van der Waals surface area (Å²) in [4.78, 5) is 10.5. The Morgan fingerprint density at radius 1 is 1.41 bits per heavy atom. The van der Waals surface area contributed by atoms with E-state index in [2.05, 4.69) is 4.74 Å². The lowest BCUT2D eigenvalue weighted by Gasteiger charge is -2.14. The number of aryl methyl sites for hydroxylation is 1. The van der Waals surface area contributed by atoms with E-state index in [1.54, 1.807) is 0 Å². The summed E-state index contributed by atoms with van der Waals surface area (Å²) in [7, 11) is 0. The van der Waals surface area contributed by atoms with Crippen LogP contribution >= 0.6 is 0 Å². The van der Waals surface area contributed by atoms with Gasteiger partial charge in [0.05, 0.1) is 0 Å². The van der Waals surface area contributed by atoms with Crippen molar-refractivity contribution < 1.29 is 32.9 Å². The normalized spacial score (nSPS) is 12.6. The Bertz CT molecular complexity index is 434. The Balaban J connectivity index is 3.29. The molecule has 1 aromatic carbocycles. The Labute approximate surface area is 94.3 Å². The van der Waals surface area contributed by atoms with E-state index < -0.39 is 35.8 Å². The molecule has 2 N–H and O–H groups in total. The van der Waals surface area contributed by atoms with E-state index in [4.69, 9.17) is 5.11 Å². The first-order valence-electron chi connectivity index (χ1n) is 4.48. The van der Waals surface area contributed by atoms with Crippen LogP contribution in [0.4, 0.5) is 13.2 Å². The molecule has 0 aliphatic heterocycles. The molecule has 0 radical (unpaired) electrons. The maximum absolute atomic E-state index is 13.3. The molecule has 0 spiro atoms. The average Bonchev–Trinajstić information content (AvgIpc) is 2.20. The zero-order valence-corrected chi connectivity index (χ0v) is 8.65. The van der Waals surface area contributed by atoms with Crippen LogP contribution in [-0.2, 0) is 4.79 Å². The lowest BCUT2D eigenvalue weighted by molar-refractivity contribution is -0.147. The smallest absolute Gasteiger partial charge is 0.387 e. The van der Waals surface area contributed by atoms with Crippen molar-refractivity contribution in [1.82, 2.24) is 0 Å². The molecular weight excluding hydrogens is 241 g/mol. The second kappa shape index (κ2) is 5.05. The minimum absolute atomic E-state index is 0.277. The van der Waals surface area contributed by atoms with E-state index >= 15 is 0 Å². The predicted octanol–water partition coefficient (Wildman–Crippen LogP) is 1.85. The molecule has 0 aliphatic carbocycles. The van der Waals surface area contributed by atoms with Crippen LogP contribution in [0.25, 0.3) is 0 Å². The molecular formula is C10H9F3O4. The number of benzene rings is 1. The molecule has 1 unspecified atom stereocenters. The highest BCUT2D eigenvalue weighted by Crippen LogP contribution is 2.31. The summed E-state index contributed by atoms with van der Waals surface area (Å²) < 4.78 is 41.3. The topological polar surface area (TPSA) is 66.8 Å². The third kappa shape index (κ3) is 3.10. The molecule has 0 heterocycles. The first-order valence-corrected chi connectivity index (χ1v) is 4.48. The van der Waals surface area contributed by atoms with Gasteiger partial charge < -0.3 is 14.9 Å². The lowest BCUT2D eigenvalue weighted by Crippen LogP contribution is -2.15. The van der Waals surface area contributed by atoms with Gasteiger partial charge in [-0.1, -0.05) is 0 Å². The standard InChI is InChI=1S/C10H9F3O4/c1-4-2-5(7(14)9(15)16)8(6(11)3-4)17-10(12)13/h2-3,7,10,14H,1H3,(H,15,16). The van der Waals surface area contributed by atoms with E-state index in [1.165, 1.54) is 6.92 Å². The van der Waals surface area contributed by atoms with E-state index in [1.807, 2.05) is 0 Å². The van der Waals surface area contributed by atoms with Crippen molar-refractivity contribution in [3.05, 3.63) is 29.1 Å². The number of alkyl halides is 2. The first-order chi connectivity index (χ1) is 7.82. The number of aliphatic hydroxyl groups excluding tert-OH is 1. The number of carboxylic acids is 1. The van der Waals surface area contributed by atoms with E-state index in [0.717, 1.165) is 12.1 Å². The van der Waals surface area contributed by atoms with Crippen LogP contribution in [0.1, 0.15) is 17.2 Å². The first kappa shape index (κ1) is 13.3. The van der Waals surface area contributed by atoms with Gasteiger partial charge in [-0.2, -0.15) is 8.78 Å². The zero-order chi connectivity index (χ0) is 13.2. The third-order valence-electron chi connectivity index (χ3n) is 1.95. The molecule has 0 amide bonds. The fraction of sp³-hybridized carbons (Fsp3) is 0.300. The minimum atomic E-state index is -3.31. The van der Waals surface area contributed by atoms with Crippen molar-refractivity contribution in [3.8, 4) is 5.75 Å². The van der Waals surface area contributed by atoms with Gasteiger partial charge in [-0.3, -0.25) is 0 Å². The van der Waals surface area contributed by atoms with Crippen molar-refractivity contribution in [2.45, 2.75) is 19.6 Å². The summed E-state index contributed by atoms with van der Waals surface area (Å²) in [5.41, 5.74) is -0.269. The van der Waals surface area contributed by atoms with Gasteiger partial charge in [0.25, 0.3) is 0 Å². The number of carboxylic acid groups (broad SMARTS) is 1. The predicted molar refractivity (Wildman–Crippen MR) is 50.4 cm³/mol. The summed E-state index contributed by atoms with van der Waals surface area (Å²) in [6.45, 7) is -1.89. The molecule has 4 nitrogen and oxygen atoms in total.